The second kappa shape index (κ2) is 8.76. The van der Waals surface area contributed by atoms with E-state index >= 15 is 0 Å². The molecule has 1 amide bonds. The Kier molecular flexibility index (Phi) is 5.60. The van der Waals surface area contributed by atoms with E-state index in [1.807, 2.05) is 17.0 Å². The van der Waals surface area contributed by atoms with Gasteiger partial charge in [0.1, 0.15) is 11.4 Å². The van der Waals surface area contributed by atoms with Gasteiger partial charge in [-0.05, 0) is 58.6 Å². The first-order chi connectivity index (χ1) is 18.1. The standard InChI is InChI=1S/C28H31N7O3/c1-15(36)23-24(18-10-19-5-6-20(11-18)34(19)27(37)17-8-9-30-12-17)33-26-21(14-32-35(26)25(23)29)16-4-7-22(31-13-16)28(2,3)38/h4,7-9,12-14,18-20,30,38H,5-6,10-11,29H2,1-3H3/t18-,19-,20+. The van der Waals surface area contributed by atoms with Crippen LogP contribution in [0.25, 0.3) is 16.8 Å². The zero-order valence-corrected chi connectivity index (χ0v) is 21.7. The van der Waals surface area contributed by atoms with Crippen molar-refractivity contribution >= 4 is 23.2 Å². The number of nitrogens with zero attached hydrogens (tertiary/aromatic N) is 5. The lowest BCUT2D eigenvalue weighted by Gasteiger charge is -2.39. The van der Waals surface area contributed by atoms with E-state index in [0.29, 0.717) is 28.2 Å². The van der Waals surface area contributed by atoms with E-state index in [4.69, 9.17) is 10.7 Å². The molecule has 4 N–H and O–H groups in total. The Morgan fingerprint density at radius 2 is 1.87 bits per heavy atom. The van der Waals surface area contributed by atoms with E-state index in [9.17, 15) is 14.7 Å². The molecule has 3 atom stereocenters. The molecule has 4 aromatic rings. The van der Waals surface area contributed by atoms with Crippen LogP contribution in [-0.4, -0.2) is 58.3 Å². The van der Waals surface area contributed by atoms with E-state index in [-0.39, 0.29) is 35.5 Å². The number of nitrogen functional groups attached to an aromatic ring is 1. The summed E-state index contributed by atoms with van der Waals surface area (Å²) in [6.07, 6.45) is 10.2. The second-order valence-electron chi connectivity index (χ2n) is 11.0. The van der Waals surface area contributed by atoms with E-state index in [2.05, 4.69) is 15.1 Å². The van der Waals surface area contributed by atoms with Crippen molar-refractivity contribution in [3.05, 3.63) is 65.5 Å². The molecule has 0 spiro atoms. The fraction of sp³-hybridized carbons (Fsp3) is 0.393. The molecule has 0 unspecified atom stereocenters. The highest BCUT2D eigenvalue weighted by Crippen LogP contribution is 2.45. The number of aromatic nitrogens is 5. The van der Waals surface area contributed by atoms with Gasteiger partial charge in [0.05, 0.1) is 28.7 Å². The molecule has 0 radical (unpaired) electrons. The number of carbonyl (C=O) groups excluding carboxylic acids is 2. The lowest BCUT2D eigenvalue weighted by molar-refractivity contribution is 0.0568. The lowest BCUT2D eigenvalue weighted by Crippen LogP contribution is -2.46. The number of aliphatic hydroxyl groups is 1. The summed E-state index contributed by atoms with van der Waals surface area (Å²) in [7, 11) is 0. The maximum atomic E-state index is 13.2. The van der Waals surface area contributed by atoms with Crippen LogP contribution in [0.5, 0.6) is 0 Å². The molecule has 0 saturated carbocycles. The van der Waals surface area contributed by atoms with Crippen molar-refractivity contribution in [2.45, 2.75) is 70.1 Å². The molecule has 6 rings (SSSR count). The van der Waals surface area contributed by atoms with Gasteiger partial charge in [-0.1, -0.05) is 6.07 Å². The molecule has 10 heteroatoms. The number of piperidine rings is 1. The van der Waals surface area contributed by atoms with Crippen LogP contribution < -0.4 is 5.73 Å². The SMILES string of the molecule is CC(=O)c1c([C@@H]2C[C@H]3CC[C@@H](C2)N3C(=O)c2cc[nH]c2)nc2c(-c3ccc(C(C)(C)O)nc3)cnn2c1N. The van der Waals surface area contributed by atoms with Crippen LogP contribution in [-0.2, 0) is 5.60 Å². The zero-order valence-electron chi connectivity index (χ0n) is 21.7. The Labute approximate surface area is 219 Å². The Morgan fingerprint density at radius 1 is 1.13 bits per heavy atom. The van der Waals surface area contributed by atoms with Crippen molar-refractivity contribution in [2.75, 3.05) is 5.73 Å². The third-order valence-corrected chi connectivity index (χ3v) is 7.96. The molecule has 196 valence electrons. The number of nitrogens with one attached hydrogen (secondary N) is 1. The van der Waals surface area contributed by atoms with Gasteiger partial charge in [-0.15, -0.1) is 0 Å². The van der Waals surface area contributed by atoms with Crippen molar-refractivity contribution in [1.82, 2.24) is 29.5 Å². The number of ketones is 1. The van der Waals surface area contributed by atoms with Gasteiger partial charge >= 0.3 is 0 Å². The van der Waals surface area contributed by atoms with E-state index < -0.39 is 5.60 Å². The van der Waals surface area contributed by atoms with Gasteiger partial charge < -0.3 is 20.7 Å². The largest absolute Gasteiger partial charge is 0.384 e. The highest BCUT2D eigenvalue weighted by atomic mass is 16.3. The highest BCUT2D eigenvalue weighted by Gasteiger charge is 2.45. The summed E-state index contributed by atoms with van der Waals surface area (Å²) in [5.41, 5.74) is 9.88. The van der Waals surface area contributed by atoms with E-state index in [1.165, 1.54) is 11.4 Å². The molecule has 10 nitrogen and oxygen atoms in total. The van der Waals surface area contributed by atoms with Crippen molar-refractivity contribution in [3.63, 3.8) is 0 Å². The zero-order chi connectivity index (χ0) is 26.8. The maximum absolute atomic E-state index is 13.2. The molecule has 6 heterocycles. The molecule has 4 aromatic heterocycles. The van der Waals surface area contributed by atoms with Crippen LogP contribution >= 0.6 is 0 Å². The minimum Gasteiger partial charge on any atom is -0.384 e. The van der Waals surface area contributed by atoms with Crippen molar-refractivity contribution in [3.8, 4) is 11.1 Å². The number of carbonyl (C=O) groups is 2. The first kappa shape index (κ1) is 24.3. The van der Waals surface area contributed by atoms with Crippen LogP contribution in [0.1, 0.15) is 84.5 Å². The molecule has 0 aromatic carbocycles. The summed E-state index contributed by atoms with van der Waals surface area (Å²) in [6.45, 7) is 4.88. The summed E-state index contributed by atoms with van der Waals surface area (Å²) in [5.74, 6) is 0.153. The molecule has 2 aliphatic heterocycles. The summed E-state index contributed by atoms with van der Waals surface area (Å²) >= 11 is 0. The Balaban J connectivity index is 1.39. The average molecular weight is 514 g/mol. The van der Waals surface area contributed by atoms with Crippen molar-refractivity contribution in [2.24, 2.45) is 0 Å². The number of aromatic amines is 1. The number of amides is 1. The fourth-order valence-electron chi connectivity index (χ4n) is 6.15. The normalized spacial score (nSPS) is 21.3. The number of rotatable bonds is 5. The molecule has 2 bridgehead atoms. The Bertz CT molecular complexity index is 1520. The molecule has 0 aliphatic carbocycles. The van der Waals surface area contributed by atoms with Gasteiger partial charge in [0, 0.05) is 47.7 Å². The van der Waals surface area contributed by atoms with E-state index in [1.54, 1.807) is 44.7 Å². The molecule has 2 fully saturated rings. The van der Waals surface area contributed by atoms with Crippen LogP contribution in [0.15, 0.2) is 43.0 Å². The first-order valence-electron chi connectivity index (χ1n) is 13.0. The highest BCUT2D eigenvalue weighted by molar-refractivity contribution is 6.00. The molecule has 2 aliphatic rings. The van der Waals surface area contributed by atoms with Crippen LogP contribution in [0.2, 0.25) is 0 Å². The summed E-state index contributed by atoms with van der Waals surface area (Å²) < 4.78 is 1.51. The lowest BCUT2D eigenvalue weighted by atomic mass is 9.85. The van der Waals surface area contributed by atoms with Gasteiger partial charge in [0.2, 0.25) is 0 Å². The predicted molar refractivity (Wildman–Crippen MR) is 142 cm³/mol. The van der Waals surface area contributed by atoms with Gasteiger partial charge in [-0.3, -0.25) is 14.6 Å². The van der Waals surface area contributed by atoms with Crippen molar-refractivity contribution < 1.29 is 14.7 Å². The number of hydrogen-bond donors (Lipinski definition) is 3. The third kappa shape index (κ3) is 3.87. The summed E-state index contributed by atoms with van der Waals surface area (Å²) in [4.78, 5) is 40.5. The molecule has 2 saturated heterocycles. The summed E-state index contributed by atoms with van der Waals surface area (Å²) in [5, 5.41) is 14.7. The van der Waals surface area contributed by atoms with Crippen LogP contribution in [0.3, 0.4) is 0 Å². The number of pyridine rings is 1. The number of fused-ring (bicyclic) bond motifs is 3. The topological polar surface area (TPSA) is 142 Å². The second-order valence-corrected chi connectivity index (χ2v) is 11.0. The van der Waals surface area contributed by atoms with Gasteiger partial charge in [-0.2, -0.15) is 9.61 Å². The van der Waals surface area contributed by atoms with Crippen molar-refractivity contribution in [1.29, 1.82) is 0 Å². The average Bonchev–Trinajstić information content (AvgIpc) is 3.61. The van der Waals surface area contributed by atoms with Crippen LogP contribution in [0, 0.1) is 0 Å². The number of nitrogens with two attached hydrogens (primary N) is 1. The quantitative estimate of drug-likeness (QED) is 0.346. The smallest absolute Gasteiger partial charge is 0.255 e. The first-order valence-corrected chi connectivity index (χ1v) is 13.0. The fourth-order valence-corrected chi connectivity index (χ4v) is 6.15. The number of H-pyrrole nitrogens is 1. The molecule has 38 heavy (non-hydrogen) atoms. The Morgan fingerprint density at radius 3 is 2.45 bits per heavy atom. The van der Waals surface area contributed by atoms with E-state index in [0.717, 1.165) is 36.8 Å². The Hall–Kier alpha value is -4.05. The maximum Gasteiger partial charge on any atom is 0.255 e. The number of Topliss-reactive ketones (excluding diaryl/α,β-unsaturated/α-hetero) is 1. The molecular weight excluding hydrogens is 482 g/mol. The minimum absolute atomic E-state index is 0.00702. The summed E-state index contributed by atoms with van der Waals surface area (Å²) in [6, 6.07) is 5.63. The van der Waals surface area contributed by atoms with Gasteiger partial charge in [0.15, 0.2) is 11.4 Å². The van der Waals surface area contributed by atoms with Gasteiger partial charge in [0.25, 0.3) is 5.91 Å². The minimum atomic E-state index is -1.05. The third-order valence-electron chi connectivity index (χ3n) is 7.96. The van der Waals surface area contributed by atoms with Gasteiger partial charge in [-0.25, -0.2) is 4.98 Å². The predicted octanol–water partition coefficient (Wildman–Crippen LogP) is 3.68. The van der Waals surface area contributed by atoms with Crippen LogP contribution in [0.4, 0.5) is 5.82 Å². The monoisotopic (exact) mass is 513 g/mol. The number of anilines is 1. The molecular formula is C28H31N7O3. The number of hydrogen-bond acceptors (Lipinski definition) is 7.